The van der Waals surface area contributed by atoms with Crippen LogP contribution in [0.3, 0.4) is 0 Å². The summed E-state index contributed by atoms with van der Waals surface area (Å²) < 4.78 is 0. The van der Waals surface area contributed by atoms with Crippen LogP contribution in [0.15, 0.2) is 0 Å². The van der Waals surface area contributed by atoms with Gasteiger partial charge in [-0.1, -0.05) is 33.6 Å². The smallest absolute Gasteiger partial charge is 0.00177 e. The molecule has 3 unspecified atom stereocenters. The number of rotatable bonds is 1. The van der Waals surface area contributed by atoms with Gasteiger partial charge in [0.1, 0.15) is 0 Å². The van der Waals surface area contributed by atoms with Crippen molar-refractivity contribution in [2.24, 2.45) is 23.2 Å². The highest BCUT2D eigenvalue weighted by molar-refractivity contribution is 4.97. The van der Waals surface area contributed by atoms with Crippen LogP contribution < -0.4 is 5.32 Å². The molecule has 2 fully saturated rings. The molecule has 1 heterocycles. The topological polar surface area (TPSA) is 12.0 Å². The molecule has 0 aromatic heterocycles. The van der Waals surface area contributed by atoms with Crippen molar-refractivity contribution in [2.45, 2.75) is 52.9 Å². The molecule has 0 bridgehead atoms. The van der Waals surface area contributed by atoms with E-state index in [0.29, 0.717) is 5.41 Å². The molecule has 15 heavy (non-hydrogen) atoms. The molecule has 88 valence electrons. The van der Waals surface area contributed by atoms with Crippen molar-refractivity contribution in [3.05, 3.63) is 0 Å². The summed E-state index contributed by atoms with van der Waals surface area (Å²) in [5.41, 5.74) is 0.692. The molecule has 0 aromatic rings. The fourth-order valence-electron chi connectivity index (χ4n) is 4.30. The van der Waals surface area contributed by atoms with E-state index in [9.17, 15) is 0 Å². The molecule has 1 aliphatic carbocycles. The molecular formula is C14H27N. The van der Waals surface area contributed by atoms with E-state index in [4.69, 9.17) is 0 Å². The van der Waals surface area contributed by atoms with Gasteiger partial charge >= 0.3 is 0 Å². The van der Waals surface area contributed by atoms with Crippen molar-refractivity contribution in [3.8, 4) is 0 Å². The largest absolute Gasteiger partial charge is 0.316 e. The van der Waals surface area contributed by atoms with Crippen LogP contribution in [0.2, 0.25) is 0 Å². The maximum atomic E-state index is 3.57. The first-order valence-electron chi connectivity index (χ1n) is 6.87. The van der Waals surface area contributed by atoms with Crippen molar-refractivity contribution in [2.75, 3.05) is 13.1 Å². The summed E-state index contributed by atoms with van der Waals surface area (Å²) in [6, 6.07) is 0. The zero-order valence-electron chi connectivity index (χ0n) is 10.7. The van der Waals surface area contributed by atoms with Crippen LogP contribution in [0.5, 0.6) is 0 Å². The second kappa shape index (κ2) is 4.45. The maximum absolute atomic E-state index is 3.57. The van der Waals surface area contributed by atoms with E-state index in [0.717, 1.165) is 17.8 Å². The van der Waals surface area contributed by atoms with E-state index in [1.807, 2.05) is 0 Å². The molecular weight excluding hydrogens is 182 g/mol. The number of nitrogens with one attached hydrogen (secondary N) is 1. The third kappa shape index (κ3) is 1.95. The summed E-state index contributed by atoms with van der Waals surface area (Å²) in [6.07, 6.45) is 7.37. The van der Waals surface area contributed by atoms with E-state index in [1.165, 1.54) is 45.2 Å². The van der Waals surface area contributed by atoms with E-state index in [1.54, 1.807) is 0 Å². The Labute approximate surface area is 95.0 Å². The van der Waals surface area contributed by atoms with Crippen molar-refractivity contribution < 1.29 is 0 Å². The lowest BCUT2D eigenvalue weighted by Gasteiger charge is -2.53. The normalized spacial score (nSPS) is 42.4. The standard InChI is InChI=1S/C14H27N/c1-11(2)13-6-4-5-7-14(13)8-9-15-10-12(14)3/h11-13,15H,4-10H2,1-3H3. The van der Waals surface area contributed by atoms with Crippen molar-refractivity contribution in [3.63, 3.8) is 0 Å². The highest BCUT2D eigenvalue weighted by Crippen LogP contribution is 2.52. The molecule has 0 aromatic carbocycles. The first-order valence-corrected chi connectivity index (χ1v) is 6.87. The molecule has 1 saturated heterocycles. The fourth-order valence-corrected chi connectivity index (χ4v) is 4.30. The molecule has 2 rings (SSSR count). The minimum atomic E-state index is 0.692. The zero-order chi connectivity index (χ0) is 10.9. The number of hydrogen-bond donors (Lipinski definition) is 1. The highest BCUT2D eigenvalue weighted by atomic mass is 14.9. The molecule has 1 aliphatic heterocycles. The van der Waals surface area contributed by atoms with Crippen LogP contribution in [-0.4, -0.2) is 13.1 Å². The zero-order valence-corrected chi connectivity index (χ0v) is 10.7. The SMILES string of the molecule is CC(C)C1CCCCC12CCNCC2C. The van der Waals surface area contributed by atoms with Crippen LogP contribution in [-0.2, 0) is 0 Å². The lowest BCUT2D eigenvalue weighted by molar-refractivity contribution is -0.0187. The van der Waals surface area contributed by atoms with Gasteiger partial charge in [0, 0.05) is 0 Å². The second-order valence-corrected chi connectivity index (χ2v) is 6.18. The molecule has 1 spiro atoms. The first kappa shape index (κ1) is 11.4. The summed E-state index contributed by atoms with van der Waals surface area (Å²) in [5, 5.41) is 3.57. The number of piperidine rings is 1. The molecule has 1 heteroatoms. The Morgan fingerprint density at radius 1 is 1.20 bits per heavy atom. The van der Waals surface area contributed by atoms with Crippen LogP contribution in [0.25, 0.3) is 0 Å². The summed E-state index contributed by atoms with van der Waals surface area (Å²) in [5.74, 6) is 2.76. The predicted octanol–water partition coefficient (Wildman–Crippen LogP) is 3.45. The van der Waals surface area contributed by atoms with Gasteiger partial charge in [-0.05, 0) is 55.5 Å². The summed E-state index contributed by atoms with van der Waals surface area (Å²) in [6.45, 7) is 9.86. The number of hydrogen-bond acceptors (Lipinski definition) is 1. The summed E-state index contributed by atoms with van der Waals surface area (Å²) in [4.78, 5) is 0. The molecule has 1 nitrogen and oxygen atoms in total. The van der Waals surface area contributed by atoms with Gasteiger partial charge in [-0.2, -0.15) is 0 Å². The average molecular weight is 209 g/mol. The van der Waals surface area contributed by atoms with E-state index < -0.39 is 0 Å². The quantitative estimate of drug-likeness (QED) is 0.697. The lowest BCUT2D eigenvalue weighted by atomic mass is 9.54. The third-order valence-corrected chi connectivity index (χ3v) is 5.15. The van der Waals surface area contributed by atoms with Gasteiger partial charge in [-0.25, -0.2) is 0 Å². The Balaban J connectivity index is 2.19. The highest BCUT2D eigenvalue weighted by Gasteiger charge is 2.46. The molecule has 0 radical (unpaired) electrons. The molecule has 1 N–H and O–H groups in total. The Bertz CT molecular complexity index is 205. The van der Waals surface area contributed by atoms with Crippen LogP contribution in [0.1, 0.15) is 52.9 Å². The molecule has 1 saturated carbocycles. The minimum absolute atomic E-state index is 0.692. The van der Waals surface area contributed by atoms with Gasteiger partial charge in [-0.3, -0.25) is 0 Å². The van der Waals surface area contributed by atoms with E-state index in [2.05, 4.69) is 26.1 Å². The molecule has 3 atom stereocenters. The Hall–Kier alpha value is -0.0400. The monoisotopic (exact) mass is 209 g/mol. The Kier molecular flexibility index (Phi) is 3.39. The van der Waals surface area contributed by atoms with Crippen LogP contribution >= 0.6 is 0 Å². The first-order chi connectivity index (χ1) is 7.17. The van der Waals surface area contributed by atoms with Gasteiger partial charge in [0.25, 0.3) is 0 Å². The Morgan fingerprint density at radius 3 is 2.67 bits per heavy atom. The van der Waals surface area contributed by atoms with Crippen LogP contribution in [0.4, 0.5) is 0 Å². The lowest BCUT2D eigenvalue weighted by Crippen LogP contribution is -2.50. The van der Waals surface area contributed by atoms with Crippen molar-refractivity contribution in [1.82, 2.24) is 5.32 Å². The van der Waals surface area contributed by atoms with Gasteiger partial charge in [0.2, 0.25) is 0 Å². The van der Waals surface area contributed by atoms with E-state index >= 15 is 0 Å². The van der Waals surface area contributed by atoms with Crippen LogP contribution in [0, 0.1) is 23.2 Å². The second-order valence-electron chi connectivity index (χ2n) is 6.18. The molecule has 0 amide bonds. The van der Waals surface area contributed by atoms with Gasteiger partial charge in [0.15, 0.2) is 0 Å². The minimum Gasteiger partial charge on any atom is -0.316 e. The summed E-state index contributed by atoms with van der Waals surface area (Å²) in [7, 11) is 0. The third-order valence-electron chi connectivity index (χ3n) is 5.15. The average Bonchev–Trinajstić information content (AvgIpc) is 2.23. The van der Waals surface area contributed by atoms with Gasteiger partial charge in [0.05, 0.1) is 0 Å². The predicted molar refractivity (Wildman–Crippen MR) is 65.9 cm³/mol. The Morgan fingerprint density at radius 2 is 2.00 bits per heavy atom. The maximum Gasteiger partial charge on any atom is -0.00177 e. The van der Waals surface area contributed by atoms with Crippen molar-refractivity contribution in [1.29, 1.82) is 0 Å². The van der Waals surface area contributed by atoms with E-state index in [-0.39, 0.29) is 0 Å². The fraction of sp³-hybridized carbons (Fsp3) is 1.00. The van der Waals surface area contributed by atoms with Gasteiger partial charge in [-0.15, -0.1) is 0 Å². The summed E-state index contributed by atoms with van der Waals surface area (Å²) >= 11 is 0. The van der Waals surface area contributed by atoms with Crippen molar-refractivity contribution >= 4 is 0 Å². The molecule has 2 aliphatic rings. The van der Waals surface area contributed by atoms with Gasteiger partial charge < -0.3 is 5.32 Å².